The molecule has 7 heteroatoms. The zero-order chi connectivity index (χ0) is 24.1. The second-order valence-corrected chi connectivity index (χ2v) is 10.7. The zero-order valence-electron chi connectivity index (χ0n) is 21.8. The average molecular weight is 508 g/mol. The van der Waals surface area contributed by atoms with E-state index in [0.717, 1.165) is 70.5 Å². The van der Waals surface area contributed by atoms with Crippen molar-refractivity contribution in [3.63, 3.8) is 0 Å². The number of aromatic nitrogens is 2. The van der Waals surface area contributed by atoms with Gasteiger partial charge < -0.3 is 19.3 Å². The second kappa shape index (κ2) is 10.1. The largest absolute Gasteiger partial charge is 0.350 e. The number of rotatable bonds is 5. The normalized spacial score (nSPS) is 18.3. The third-order valence-corrected chi connectivity index (χ3v) is 8.49. The van der Waals surface area contributed by atoms with E-state index in [-0.39, 0.29) is 18.3 Å². The number of nitrogens with zero attached hydrogens (tertiary/aromatic N) is 5. The fraction of sp³-hybridized carbons (Fsp3) is 0.517. The van der Waals surface area contributed by atoms with Crippen LogP contribution in [0.5, 0.6) is 0 Å². The first kappa shape index (κ1) is 25.1. The Labute approximate surface area is 220 Å². The predicted octanol–water partition coefficient (Wildman–Crippen LogP) is 4.83. The smallest absolute Gasteiger partial charge is 0.272 e. The summed E-state index contributed by atoms with van der Waals surface area (Å²) in [5, 5.41) is 1.20. The lowest BCUT2D eigenvalue weighted by atomic mass is 10.00. The quantitative estimate of drug-likeness (QED) is 0.496. The Balaban J connectivity index is 0.00000267. The van der Waals surface area contributed by atoms with Crippen molar-refractivity contribution in [1.29, 1.82) is 0 Å². The van der Waals surface area contributed by atoms with Crippen molar-refractivity contribution in [1.82, 2.24) is 19.4 Å². The Morgan fingerprint density at radius 3 is 2.44 bits per heavy atom. The van der Waals surface area contributed by atoms with Gasteiger partial charge in [0.15, 0.2) is 5.82 Å². The van der Waals surface area contributed by atoms with Crippen LogP contribution in [0.2, 0.25) is 0 Å². The molecule has 1 aromatic carbocycles. The molecule has 2 aliphatic heterocycles. The van der Waals surface area contributed by atoms with Gasteiger partial charge in [-0.1, -0.05) is 31.2 Å². The lowest BCUT2D eigenvalue weighted by Crippen LogP contribution is -2.48. The maximum atomic E-state index is 13.7. The summed E-state index contributed by atoms with van der Waals surface area (Å²) in [6.45, 7) is 13.9. The van der Waals surface area contributed by atoms with Gasteiger partial charge in [0.05, 0.1) is 5.52 Å². The third-order valence-electron chi connectivity index (χ3n) is 8.49. The molecule has 1 aliphatic carbocycles. The maximum Gasteiger partial charge on any atom is 0.272 e. The molecular formula is C29H38ClN5O. The summed E-state index contributed by atoms with van der Waals surface area (Å²) >= 11 is 0. The zero-order valence-corrected chi connectivity index (χ0v) is 22.6. The van der Waals surface area contributed by atoms with Gasteiger partial charge in [-0.05, 0) is 68.3 Å². The number of carbonyl (C=O) groups is 1. The lowest BCUT2D eigenvalue weighted by molar-refractivity contribution is 0.0638. The molecule has 6 nitrogen and oxygen atoms in total. The molecule has 3 aromatic rings. The minimum atomic E-state index is 0. The van der Waals surface area contributed by atoms with E-state index in [1.165, 1.54) is 46.1 Å². The van der Waals surface area contributed by atoms with Gasteiger partial charge in [-0.2, -0.15) is 0 Å². The van der Waals surface area contributed by atoms with E-state index >= 15 is 0 Å². The van der Waals surface area contributed by atoms with Crippen LogP contribution in [0.1, 0.15) is 52.6 Å². The molecule has 6 rings (SSSR count). The number of anilines is 1. The van der Waals surface area contributed by atoms with Crippen molar-refractivity contribution in [3.05, 3.63) is 58.4 Å². The van der Waals surface area contributed by atoms with Gasteiger partial charge in [-0.3, -0.25) is 4.79 Å². The van der Waals surface area contributed by atoms with Crippen molar-refractivity contribution < 1.29 is 4.79 Å². The minimum absolute atomic E-state index is 0. The Morgan fingerprint density at radius 1 is 1.03 bits per heavy atom. The first-order chi connectivity index (χ1) is 17.0. The van der Waals surface area contributed by atoms with Crippen LogP contribution >= 0.6 is 12.4 Å². The number of carbonyl (C=O) groups excluding carboxylic acids is 1. The SMILES string of the molecule is CCN1CCN(C(=O)c2cc3c(C)c(C)n(CC4CC4)c3c(N3CCc4ccccc4C3)n2)CC1.Cl. The summed E-state index contributed by atoms with van der Waals surface area (Å²) in [5.74, 6) is 1.84. The fourth-order valence-corrected chi connectivity index (χ4v) is 5.86. The molecular weight excluding hydrogens is 470 g/mol. The molecule has 0 radical (unpaired) electrons. The van der Waals surface area contributed by atoms with Gasteiger partial charge >= 0.3 is 0 Å². The molecule has 1 saturated heterocycles. The fourth-order valence-electron chi connectivity index (χ4n) is 5.86. The second-order valence-electron chi connectivity index (χ2n) is 10.7. The highest BCUT2D eigenvalue weighted by atomic mass is 35.5. The van der Waals surface area contributed by atoms with E-state index in [9.17, 15) is 4.79 Å². The third kappa shape index (κ3) is 4.50. The van der Waals surface area contributed by atoms with Crippen LogP contribution in [-0.2, 0) is 19.5 Å². The number of amides is 1. The number of likely N-dealkylation sites (N-methyl/N-ethyl adjacent to an activating group) is 1. The molecule has 0 spiro atoms. The van der Waals surface area contributed by atoms with E-state index < -0.39 is 0 Å². The number of aryl methyl sites for hydroxylation is 1. The summed E-state index contributed by atoms with van der Waals surface area (Å²) < 4.78 is 2.50. The van der Waals surface area contributed by atoms with E-state index in [1.807, 2.05) is 4.90 Å². The topological polar surface area (TPSA) is 44.6 Å². The number of hydrogen-bond donors (Lipinski definition) is 0. The van der Waals surface area contributed by atoms with Crippen LogP contribution in [0.15, 0.2) is 30.3 Å². The van der Waals surface area contributed by atoms with Crippen molar-refractivity contribution in [2.75, 3.05) is 44.2 Å². The van der Waals surface area contributed by atoms with Crippen molar-refractivity contribution >= 4 is 35.0 Å². The molecule has 0 N–H and O–H groups in total. The van der Waals surface area contributed by atoms with E-state index in [1.54, 1.807) is 0 Å². The highest BCUT2D eigenvalue weighted by Crippen LogP contribution is 2.38. The van der Waals surface area contributed by atoms with E-state index in [4.69, 9.17) is 4.98 Å². The molecule has 2 fully saturated rings. The summed E-state index contributed by atoms with van der Waals surface area (Å²) in [4.78, 5) is 25.7. The highest BCUT2D eigenvalue weighted by molar-refractivity contribution is 6.01. The van der Waals surface area contributed by atoms with Crippen LogP contribution in [0.25, 0.3) is 10.9 Å². The maximum absolute atomic E-state index is 13.7. The van der Waals surface area contributed by atoms with Gasteiger partial charge in [0.2, 0.25) is 0 Å². The average Bonchev–Trinajstić information content (AvgIpc) is 3.70. The van der Waals surface area contributed by atoms with E-state index in [2.05, 4.69) is 65.5 Å². The number of piperazine rings is 1. The summed E-state index contributed by atoms with van der Waals surface area (Å²) in [5.41, 5.74) is 7.22. The lowest BCUT2D eigenvalue weighted by Gasteiger charge is -2.34. The molecule has 0 bridgehead atoms. The van der Waals surface area contributed by atoms with Gasteiger partial charge in [-0.15, -0.1) is 12.4 Å². The van der Waals surface area contributed by atoms with Gasteiger partial charge in [0.1, 0.15) is 5.69 Å². The van der Waals surface area contributed by atoms with Crippen molar-refractivity contribution in [2.24, 2.45) is 5.92 Å². The Bertz CT molecular complexity index is 1270. The standard InChI is InChI=1S/C29H37N5O.ClH/c1-4-31-13-15-32(16-14-31)29(35)26-17-25-20(2)21(3)34(18-22-9-10-22)27(25)28(30-26)33-12-11-23-7-5-6-8-24(23)19-33;/h5-8,17,22H,4,9-16,18-19H2,1-3H3;1H. The van der Waals surface area contributed by atoms with Crippen molar-refractivity contribution in [2.45, 2.75) is 53.1 Å². The minimum Gasteiger partial charge on any atom is -0.350 e. The highest BCUT2D eigenvalue weighted by Gasteiger charge is 2.30. The Hall–Kier alpha value is -2.57. The number of pyridine rings is 1. The summed E-state index contributed by atoms with van der Waals surface area (Å²) in [7, 11) is 0. The molecule has 36 heavy (non-hydrogen) atoms. The number of benzene rings is 1. The van der Waals surface area contributed by atoms with Gasteiger partial charge in [0, 0.05) is 56.9 Å². The predicted molar refractivity (Wildman–Crippen MR) is 148 cm³/mol. The first-order valence-electron chi connectivity index (χ1n) is 13.4. The molecule has 3 aliphatic rings. The van der Waals surface area contributed by atoms with Crippen LogP contribution in [0.4, 0.5) is 5.82 Å². The monoisotopic (exact) mass is 507 g/mol. The van der Waals surface area contributed by atoms with Crippen molar-refractivity contribution in [3.8, 4) is 0 Å². The summed E-state index contributed by atoms with van der Waals surface area (Å²) in [6.07, 6.45) is 3.65. The van der Waals surface area contributed by atoms with Crippen LogP contribution in [0, 0.1) is 19.8 Å². The van der Waals surface area contributed by atoms with E-state index in [0.29, 0.717) is 5.69 Å². The van der Waals surface area contributed by atoms with Crippen LogP contribution in [-0.4, -0.2) is 64.5 Å². The number of hydrogen-bond acceptors (Lipinski definition) is 4. The van der Waals surface area contributed by atoms with Gasteiger partial charge in [-0.25, -0.2) is 4.98 Å². The van der Waals surface area contributed by atoms with Crippen LogP contribution < -0.4 is 4.90 Å². The molecule has 1 amide bonds. The molecule has 0 unspecified atom stereocenters. The molecule has 0 atom stereocenters. The Morgan fingerprint density at radius 2 is 1.75 bits per heavy atom. The molecule has 2 aromatic heterocycles. The number of halogens is 1. The molecule has 192 valence electrons. The Kier molecular flexibility index (Phi) is 7.01. The van der Waals surface area contributed by atoms with Gasteiger partial charge in [0.25, 0.3) is 5.91 Å². The summed E-state index contributed by atoms with van der Waals surface area (Å²) in [6, 6.07) is 10.8. The molecule has 4 heterocycles. The molecule has 1 saturated carbocycles. The van der Waals surface area contributed by atoms with Crippen LogP contribution in [0.3, 0.4) is 0 Å². The number of fused-ring (bicyclic) bond motifs is 2. The first-order valence-corrected chi connectivity index (χ1v) is 13.4.